The van der Waals surface area contributed by atoms with Gasteiger partial charge in [-0.1, -0.05) is 6.92 Å². The summed E-state index contributed by atoms with van der Waals surface area (Å²) in [7, 11) is -3.81. The van der Waals surface area contributed by atoms with Crippen molar-refractivity contribution in [3.05, 3.63) is 18.3 Å². The van der Waals surface area contributed by atoms with Crippen molar-refractivity contribution >= 4 is 21.7 Å². The normalized spacial score (nSPS) is 12.1. The first-order chi connectivity index (χ1) is 9.68. The van der Waals surface area contributed by atoms with Crippen molar-refractivity contribution in [3.63, 3.8) is 0 Å². The summed E-state index contributed by atoms with van der Waals surface area (Å²) in [6.45, 7) is 5.79. The van der Waals surface area contributed by atoms with E-state index in [1.54, 1.807) is 19.9 Å². The van der Waals surface area contributed by atoms with Crippen LogP contribution in [0.3, 0.4) is 0 Å². The van der Waals surface area contributed by atoms with E-state index in [0.29, 0.717) is 12.4 Å². The minimum atomic E-state index is -3.81. The van der Waals surface area contributed by atoms with Crippen LogP contribution in [-0.2, 0) is 14.8 Å². The summed E-state index contributed by atoms with van der Waals surface area (Å²) < 4.78 is 27.4. The fourth-order valence-electron chi connectivity index (χ4n) is 1.87. The number of sulfonamides is 1. The van der Waals surface area contributed by atoms with E-state index in [-0.39, 0.29) is 11.3 Å². The van der Waals surface area contributed by atoms with E-state index in [2.05, 4.69) is 15.0 Å². The predicted octanol–water partition coefficient (Wildman–Crippen LogP) is 0.836. The first-order valence-electron chi connectivity index (χ1n) is 6.69. The Balaban J connectivity index is 3.05. The van der Waals surface area contributed by atoms with E-state index < -0.39 is 21.5 Å². The molecule has 0 aromatic carbocycles. The Morgan fingerprint density at radius 3 is 2.67 bits per heavy atom. The summed E-state index contributed by atoms with van der Waals surface area (Å²) in [5.74, 6) is -0.278. The fraction of sp³-hybridized carbons (Fsp3) is 0.538. The molecule has 0 saturated heterocycles. The molecule has 8 heteroatoms. The highest BCUT2D eigenvalue weighted by atomic mass is 32.2. The SMILES string of the molecule is CCCNc1ncccc1S(=O)(=O)NC(C)(C)CC(N)=O. The Labute approximate surface area is 125 Å². The van der Waals surface area contributed by atoms with Crippen molar-refractivity contribution < 1.29 is 13.2 Å². The number of nitrogens with two attached hydrogens (primary N) is 1. The van der Waals surface area contributed by atoms with Gasteiger partial charge >= 0.3 is 0 Å². The van der Waals surface area contributed by atoms with Crippen LogP contribution >= 0.6 is 0 Å². The molecule has 0 radical (unpaired) electrons. The first-order valence-corrected chi connectivity index (χ1v) is 8.17. The second kappa shape index (κ2) is 6.86. The Hall–Kier alpha value is -1.67. The number of pyridine rings is 1. The lowest BCUT2D eigenvalue weighted by Gasteiger charge is -2.25. The molecule has 0 aliphatic heterocycles. The monoisotopic (exact) mass is 314 g/mol. The third kappa shape index (κ3) is 5.31. The molecule has 1 rings (SSSR count). The summed E-state index contributed by atoms with van der Waals surface area (Å²) in [5, 5.41) is 2.97. The van der Waals surface area contributed by atoms with Crippen LogP contribution in [0.15, 0.2) is 23.2 Å². The van der Waals surface area contributed by atoms with E-state index in [1.807, 2.05) is 6.92 Å². The smallest absolute Gasteiger partial charge is 0.244 e. The van der Waals surface area contributed by atoms with E-state index in [0.717, 1.165) is 6.42 Å². The molecule has 0 saturated carbocycles. The zero-order chi connectivity index (χ0) is 16.1. The van der Waals surface area contributed by atoms with Crippen LogP contribution in [0.5, 0.6) is 0 Å². The molecule has 0 aliphatic rings. The summed E-state index contributed by atoms with van der Waals surface area (Å²) >= 11 is 0. The quantitative estimate of drug-likeness (QED) is 0.657. The second-order valence-electron chi connectivity index (χ2n) is 5.41. The lowest BCUT2D eigenvalue weighted by Crippen LogP contribution is -2.46. The number of carbonyl (C=O) groups is 1. The lowest BCUT2D eigenvalue weighted by molar-refractivity contribution is -0.119. The van der Waals surface area contributed by atoms with Crippen LogP contribution in [0.2, 0.25) is 0 Å². The third-order valence-corrected chi connectivity index (χ3v) is 4.36. The van der Waals surface area contributed by atoms with Crippen molar-refractivity contribution in [2.24, 2.45) is 5.73 Å². The van der Waals surface area contributed by atoms with E-state index in [9.17, 15) is 13.2 Å². The second-order valence-corrected chi connectivity index (χ2v) is 7.06. The molecule has 1 aromatic rings. The summed E-state index contributed by atoms with van der Waals surface area (Å²) in [6.07, 6.45) is 2.27. The number of anilines is 1. The van der Waals surface area contributed by atoms with Gasteiger partial charge in [0.2, 0.25) is 15.9 Å². The van der Waals surface area contributed by atoms with E-state index in [4.69, 9.17) is 5.73 Å². The van der Waals surface area contributed by atoms with Crippen molar-refractivity contribution in [3.8, 4) is 0 Å². The molecule has 4 N–H and O–H groups in total. The van der Waals surface area contributed by atoms with Gasteiger partial charge in [0.1, 0.15) is 10.7 Å². The molecule has 0 bridgehead atoms. The molecule has 1 heterocycles. The van der Waals surface area contributed by atoms with Gasteiger partial charge in [-0.3, -0.25) is 4.79 Å². The van der Waals surface area contributed by atoms with Gasteiger partial charge in [0, 0.05) is 24.7 Å². The Morgan fingerprint density at radius 2 is 2.10 bits per heavy atom. The molecule has 0 aliphatic carbocycles. The van der Waals surface area contributed by atoms with Gasteiger partial charge in [-0.15, -0.1) is 0 Å². The number of hydrogen-bond donors (Lipinski definition) is 3. The van der Waals surface area contributed by atoms with Gasteiger partial charge in [-0.25, -0.2) is 18.1 Å². The molecule has 0 atom stereocenters. The largest absolute Gasteiger partial charge is 0.370 e. The summed E-state index contributed by atoms with van der Waals surface area (Å²) in [4.78, 5) is 15.1. The molecule has 0 spiro atoms. The molecule has 0 fully saturated rings. The van der Waals surface area contributed by atoms with Crippen LogP contribution in [0, 0.1) is 0 Å². The van der Waals surface area contributed by atoms with E-state index >= 15 is 0 Å². The van der Waals surface area contributed by atoms with Crippen molar-refractivity contribution in [1.29, 1.82) is 0 Å². The minimum Gasteiger partial charge on any atom is -0.370 e. The lowest BCUT2D eigenvalue weighted by atomic mass is 10.0. The Kier molecular flexibility index (Phi) is 5.68. The maximum atomic E-state index is 12.5. The average Bonchev–Trinajstić information content (AvgIpc) is 2.33. The molecule has 1 aromatic heterocycles. The maximum Gasteiger partial charge on any atom is 0.244 e. The number of hydrogen-bond acceptors (Lipinski definition) is 5. The van der Waals surface area contributed by atoms with Gasteiger partial charge in [-0.05, 0) is 32.4 Å². The van der Waals surface area contributed by atoms with Crippen LogP contribution < -0.4 is 15.8 Å². The number of primary amides is 1. The number of aromatic nitrogens is 1. The number of carbonyl (C=O) groups excluding carboxylic acids is 1. The van der Waals surface area contributed by atoms with Crippen molar-refractivity contribution in [2.75, 3.05) is 11.9 Å². The van der Waals surface area contributed by atoms with Gasteiger partial charge in [0.05, 0.1) is 0 Å². The zero-order valence-corrected chi connectivity index (χ0v) is 13.3. The molecule has 118 valence electrons. The standard InChI is InChI=1S/C13H22N4O3S/c1-4-7-15-12-10(6-5-8-16-12)21(19,20)17-13(2,3)9-11(14)18/h5-6,8,17H,4,7,9H2,1-3H3,(H2,14,18)(H,15,16). The molecule has 1 amide bonds. The van der Waals surface area contributed by atoms with Gasteiger partial charge in [0.15, 0.2) is 0 Å². The number of nitrogens with one attached hydrogen (secondary N) is 2. The third-order valence-electron chi connectivity index (χ3n) is 2.63. The highest BCUT2D eigenvalue weighted by molar-refractivity contribution is 7.89. The molecular weight excluding hydrogens is 292 g/mol. The van der Waals surface area contributed by atoms with Gasteiger partial charge < -0.3 is 11.1 Å². The Bertz CT molecular complexity index is 599. The van der Waals surface area contributed by atoms with E-state index in [1.165, 1.54) is 12.3 Å². The molecule has 21 heavy (non-hydrogen) atoms. The number of amides is 1. The molecule has 0 unspecified atom stereocenters. The van der Waals surface area contributed by atoms with Crippen LogP contribution in [-0.4, -0.2) is 31.4 Å². The van der Waals surface area contributed by atoms with Crippen LogP contribution in [0.4, 0.5) is 5.82 Å². The van der Waals surface area contributed by atoms with Crippen molar-refractivity contribution in [2.45, 2.75) is 44.0 Å². The number of rotatable bonds is 8. The summed E-state index contributed by atoms with van der Waals surface area (Å²) in [5.41, 5.74) is 4.16. The zero-order valence-electron chi connectivity index (χ0n) is 12.5. The van der Waals surface area contributed by atoms with Gasteiger partial charge in [0.25, 0.3) is 0 Å². The summed E-state index contributed by atoms with van der Waals surface area (Å²) in [6, 6.07) is 3.01. The maximum absolute atomic E-state index is 12.5. The Morgan fingerprint density at radius 1 is 1.43 bits per heavy atom. The number of nitrogens with zero attached hydrogens (tertiary/aromatic N) is 1. The van der Waals surface area contributed by atoms with Crippen molar-refractivity contribution in [1.82, 2.24) is 9.71 Å². The van der Waals surface area contributed by atoms with Crippen LogP contribution in [0.1, 0.15) is 33.6 Å². The first kappa shape index (κ1) is 17.4. The average molecular weight is 314 g/mol. The van der Waals surface area contributed by atoms with Crippen LogP contribution in [0.25, 0.3) is 0 Å². The molecule has 7 nitrogen and oxygen atoms in total. The molecular formula is C13H22N4O3S. The van der Waals surface area contributed by atoms with Gasteiger partial charge in [-0.2, -0.15) is 0 Å². The minimum absolute atomic E-state index is 0.0518. The topological polar surface area (TPSA) is 114 Å². The predicted molar refractivity (Wildman–Crippen MR) is 81.2 cm³/mol. The fourth-order valence-corrected chi connectivity index (χ4v) is 3.42. The highest BCUT2D eigenvalue weighted by Gasteiger charge is 2.29. The highest BCUT2D eigenvalue weighted by Crippen LogP contribution is 2.21.